The third-order valence-electron chi connectivity index (χ3n) is 3.28. The summed E-state index contributed by atoms with van der Waals surface area (Å²) in [7, 11) is 0. The molecule has 1 fully saturated rings. The summed E-state index contributed by atoms with van der Waals surface area (Å²) in [6, 6.07) is 5.21. The smallest absolute Gasteiger partial charge is 0.0488 e. The Bertz CT molecular complexity index is 333. The molecule has 1 aliphatic rings. The predicted molar refractivity (Wildman–Crippen MR) is 70.6 cm³/mol. The minimum atomic E-state index is 0.332. The summed E-state index contributed by atoms with van der Waals surface area (Å²) in [6.07, 6.45) is 6.42. The Labute approximate surface area is 104 Å². The molecular formula is C14H23N3. The van der Waals surface area contributed by atoms with Crippen LogP contribution in [0.25, 0.3) is 0 Å². The van der Waals surface area contributed by atoms with Gasteiger partial charge in [0.05, 0.1) is 0 Å². The molecular weight excluding hydrogens is 210 g/mol. The number of aromatic nitrogens is 1. The first kappa shape index (κ1) is 12.5. The Morgan fingerprint density at radius 1 is 1.47 bits per heavy atom. The summed E-state index contributed by atoms with van der Waals surface area (Å²) in [5.74, 6) is 0.682. The van der Waals surface area contributed by atoms with E-state index in [0.29, 0.717) is 18.5 Å². The number of nitrogens with two attached hydrogens (primary N) is 1. The van der Waals surface area contributed by atoms with Crippen molar-refractivity contribution in [3.8, 4) is 0 Å². The van der Waals surface area contributed by atoms with Crippen molar-refractivity contribution in [3.05, 3.63) is 30.1 Å². The second-order valence-corrected chi connectivity index (χ2v) is 5.36. The molecule has 0 aromatic carbocycles. The highest BCUT2D eigenvalue weighted by Gasteiger charge is 2.34. The molecule has 3 nitrogen and oxygen atoms in total. The molecule has 1 aromatic heterocycles. The maximum absolute atomic E-state index is 5.98. The Hall–Kier alpha value is -0.930. The van der Waals surface area contributed by atoms with Gasteiger partial charge in [-0.05, 0) is 30.4 Å². The van der Waals surface area contributed by atoms with Gasteiger partial charge in [-0.2, -0.15) is 0 Å². The van der Waals surface area contributed by atoms with E-state index in [9.17, 15) is 0 Å². The molecule has 1 aliphatic carbocycles. The number of hydrogen-bond acceptors (Lipinski definition) is 3. The van der Waals surface area contributed by atoms with Gasteiger partial charge < -0.3 is 5.73 Å². The lowest BCUT2D eigenvalue weighted by Crippen LogP contribution is -2.38. The van der Waals surface area contributed by atoms with Gasteiger partial charge in [0, 0.05) is 37.6 Å². The van der Waals surface area contributed by atoms with E-state index < -0.39 is 0 Å². The fourth-order valence-corrected chi connectivity index (χ4v) is 2.39. The summed E-state index contributed by atoms with van der Waals surface area (Å²) < 4.78 is 0. The second-order valence-electron chi connectivity index (χ2n) is 5.36. The van der Waals surface area contributed by atoms with Crippen LogP contribution >= 0.6 is 0 Å². The van der Waals surface area contributed by atoms with E-state index in [4.69, 9.17) is 5.73 Å². The number of pyridine rings is 1. The van der Waals surface area contributed by atoms with Gasteiger partial charge in [0.25, 0.3) is 0 Å². The van der Waals surface area contributed by atoms with E-state index in [1.54, 1.807) is 0 Å². The first-order chi connectivity index (χ1) is 8.22. The molecule has 0 aliphatic heterocycles. The van der Waals surface area contributed by atoms with Crippen LogP contribution in [0.2, 0.25) is 0 Å². The van der Waals surface area contributed by atoms with Crippen LogP contribution in [0, 0.1) is 5.92 Å². The number of hydrogen-bond donors (Lipinski definition) is 1. The Balaban J connectivity index is 2.14. The van der Waals surface area contributed by atoms with E-state index >= 15 is 0 Å². The fourth-order valence-electron chi connectivity index (χ4n) is 2.39. The molecule has 1 aromatic rings. The van der Waals surface area contributed by atoms with Gasteiger partial charge in [-0.15, -0.1) is 0 Å². The predicted octanol–water partition coefficient (Wildman–Crippen LogP) is 2.20. The van der Waals surface area contributed by atoms with Crippen LogP contribution in [0.3, 0.4) is 0 Å². The van der Waals surface area contributed by atoms with Crippen molar-refractivity contribution in [1.29, 1.82) is 0 Å². The summed E-state index contributed by atoms with van der Waals surface area (Å²) in [6.45, 7) is 6.34. The molecule has 1 unspecified atom stereocenters. The molecule has 3 heteroatoms. The van der Waals surface area contributed by atoms with Crippen molar-refractivity contribution >= 4 is 0 Å². The molecule has 0 radical (unpaired) electrons. The van der Waals surface area contributed by atoms with Gasteiger partial charge in [0.15, 0.2) is 0 Å². The first-order valence-corrected chi connectivity index (χ1v) is 6.58. The first-order valence-electron chi connectivity index (χ1n) is 6.58. The van der Waals surface area contributed by atoms with Crippen LogP contribution in [0.15, 0.2) is 24.5 Å². The lowest BCUT2D eigenvalue weighted by molar-refractivity contribution is 0.169. The second kappa shape index (κ2) is 5.61. The van der Waals surface area contributed by atoms with Gasteiger partial charge in [0.1, 0.15) is 0 Å². The van der Waals surface area contributed by atoms with Crippen LogP contribution < -0.4 is 5.73 Å². The van der Waals surface area contributed by atoms with Crippen LogP contribution in [0.1, 0.15) is 38.3 Å². The van der Waals surface area contributed by atoms with Crippen molar-refractivity contribution < 1.29 is 0 Å². The van der Waals surface area contributed by atoms with Gasteiger partial charge in [0.2, 0.25) is 0 Å². The average Bonchev–Trinajstić information content (AvgIpc) is 3.13. The molecule has 0 saturated heterocycles. The minimum absolute atomic E-state index is 0.332. The molecule has 1 atom stereocenters. The third-order valence-corrected chi connectivity index (χ3v) is 3.28. The SMILES string of the molecule is CC(C)CN(C1CC1)C(CN)c1cccnc1. The van der Waals surface area contributed by atoms with Crippen molar-refractivity contribution in [2.75, 3.05) is 13.1 Å². The summed E-state index contributed by atoms with van der Waals surface area (Å²) in [5, 5.41) is 0. The van der Waals surface area contributed by atoms with Crippen molar-refractivity contribution in [1.82, 2.24) is 9.88 Å². The molecule has 1 saturated carbocycles. The fraction of sp³-hybridized carbons (Fsp3) is 0.643. The third kappa shape index (κ3) is 3.27. The Kier molecular flexibility index (Phi) is 4.13. The van der Waals surface area contributed by atoms with Crippen LogP contribution in [-0.2, 0) is 0 Å². The van der Waals surface area contributed by atoms with Crippen LogP contribution in [-0.4, -0.2) is 29.0 Å². The average molecular weight is 233 g/mol. The molecule has 0 amide bonds. The zero-order chi connectivity index (χ0) is 12.3. The van der Waals surface area contributed by atoms with E-state index in [1.165, 1.54) is 18.4 Å². The lowest BCUT2D eigenvalue weighted by atomic mass is 10.1. The zero-order valence-electron chi connectivity index (χ0n) is 10.8. The maximum atomic E-state index is 5.98. The Morgan fingerprint density at radius 2 is 2.24 bits per heavy atom. The largest absolute Gasteiger partial charge is 0.329 e. The van der Waals surface area contributed by atoms with Gasteiger partial charge in [-0.25, -0.2) is 0 Å². The summed E-state index contributed by atoms with van der Waals surface area (Å²) in [4.78, 5) is 6.78. The molecule has 94 valence electrons. The summed E-state index contributed by atoms with van der Waals surface area (Å²) in [5.41, 5.74) is 7.23. The summed E-state index contributed by atoms with van der Waals surface area (Å²) >= 11 is 0. The molecule has 17 heavy (non-hydrogen) atoms. The van der Waals surface area contributed by atoms with Crippen molar-refractivity contribution in [3.63, 3.8) is 0 Å². The normalized spacial score (nSPS) is 17.7. The minimum Gasteiger partial charge on any atom is -0.329 e. The molecule has 0 spiro atoms. The quantitative estimate of drug-likeness (QED) is 0.819. The molecule has 1 heterocycles. The van der Waals surface area contributed by atoms with E-state index in [1.807, 2.05) is 18.5 Å². The lowest BCUT2D eigenvalue weighted by Gasteiger charge is -2.32. The molecule has 0 bridgehead atoms. The van der Waals surface area contributed by atoms with E-state index in [0.717, 1.165) is 12.6 Å². The van der Waals surface area contributed by atoms with Crippen LogP contribution in [0.5, 0.6) is 0 Å². The monoisotopic (exact) mass is 233 g/mol. The highest BCUT2D eigenvalue weighted by molar-refractivity contribution is 5.15. The van der Waals surface area contributed by atoms with Crippen molar-refractivity contribution in [2.45, 2.75) is 38.8 Å². The number of rotatable bonds is 6. The standard InChI is InChI=1S/C14H23N3/c1-11(2)10-17(13-5-6-13)14(8-15)12-4-3-7-16-9-12/h3-4,7,9,11,13-14H,5-6,8,10,15H2,1-2H3. The molecule has 2 N–H and O–H groups in total. The topological polar surface area (TPSA) is 42.1 Å². The highest BCUT2D eigenvalue weighted by Crippen LogP contribution is 2.34. The molecule has 2 rings (SSSR count). The maximum Gasteiger partial charge on any atom is 0.0488 e. The van der Waals surface area contributed by atoms with Gasteiger partial charge in [-0.1, -0.05) is 19.9 Å². The Morgan fingerprint density at radius 3 is 2.71 bits per heavy atom. The van der Waals surface area contributed by atoms with Crippen LogP contribution in [0.4, 0.5) is 0 Å². The van der Waals surface area contributed by atoms with Gasteiger partial charge in [-0.3, -0.25) is 9.88 Å². The van der Waals surface area contributed by atoms with E-state index in [-0.39, 0.29) is 0 Å². The zero-order valence-corrected chi connectivity index (χ0v) is 10.8. The van der Waals surface area contributed by atoms with Gasteiger partial charge >= 0.3 is 0 Å². The van der Waals surface area contributed by atoms with Crippen molar-refractivity contribution in [2.24, 2.45) is 11.7 Å². The number of nitrogens with zero attached hydrogens (tertiary/aromatic N) is 2. The highest BCUT2D eigenvalue weighted by atomic mass is 15.2. The van der Waals surface area contributed by atoms with E-state index in [2.05, 4.69) is 29.8 Å².